The van der Waals surface area contributed by atoms with Crippen molar-refractivity contribution in [3.63, 3.8) is 0 Å². The van der Waals surface area contributed by atoms with Crippen LogP contribution in [-0.2, 0) is 44.0 Å². The van der Waals surface area contributed by atoms with Crippen LogP contribution in [0.15, 0.2) is 53.7 Å². The largest absolute Gasteiger partial charge is 0.674 e. The fourth-order valence-corrected chi connectivity index (χ4v) is 2.49. The zero-order valence-corrected chi connectivity index (χ0v) is 18.7. The van der Waals surface area contributed by atoms with E-state index in [2.05, 4.69) is 9.98 Å². The molecule has 1 aromatic heterocycles. The number of benzene rings is 1. The van der Waals surface area contributed by atoms with Gasteiger partial charge in [0.1, 0.15) is 6.10 Å². The van der Waals surface area contributed by atoms with Gasteiger partial charge >= 0.3 is 6.09 Å². The van der Waals surface area contributed by atoms with Gasteiger partial charge in [-0.05, 0) is 18.2 Å². The number of imidazole rings is 1. The van der Waals surface area contributed by atoms with E-state index in [0.29, 0.717) is 17.8 Å². The number of hydrogen-bond acceptors (Lipinski definition) is 6. The molecule has 2 aromatic rings. The topological polar surface area (TPSA) is 130 Å². The summed E-state index contributed by atoms with van der Waals surface area (Å²) in [7, 11) is 1.00. The van der Waals surface area contributed by atoms with Crippen LogP contribution in [-0.4, -0.2) is 53.3 Å². The van der Waals surface area contributed by atoms with Crippen LogP contribution in [0.1, 0.15) is 0 Å². The van der Waals surface area contributed by atoms with Crippen molar-refractivity contribution >= 4 is 23.7 Å². The van der Waals surface area contributed by atoms with Crippen molar-refractivity contribution in [2.75, 3.05) is 25.1 Å². The van der Waals surface area contributed by atoms with Crippen LogP contribution < -0.4 is 10.6 Å². The summed E-state index contributed by atoms with van der Waals surface area (Å²) < 4.78 is 21.2. The smallest absolute Gasteiger partial charge is 0.414 e. The van der Waals surface area contributed by atoms with Gasteiger partial charge in [0.2, 0.25) is 0 Å². The fraction of sp³-hybridized carbons (Fsp3) is 0.278. The molecule has 11 heteroatoms. The first kappa shape index (κ1) is 24.9. The van der Waals surface area contributed by atoms with Gasteiger partial charge in [-0.25, -0.2) is 14.2 Å². The first-order chi connectivity index (χ1) is 13.6. The summed E-state index contributed by atoms with van der Waals surface area (Å²) in [5.74, 6) is -0.570. The Morgan fingerprint density at radius 3 is 2.83 bits per heavy atom. The number of aliphatic hydroxyl groups excluding tert-OH is 1. The number of nitrogens with one attached hydrogen (secondary N) is 1. The third kappa shape index (κ3) is 6.71. The summed E-state index contributed by atoms with van der Waals surface area (Å²) in [4.78, 5) is 21.2. The standard InChI is InChI=1S/C17H18FN6O2.CH4O.Y/c18-15-5-13(24-10-14(7-20)26-17(24)25)1-2-16(15)22-8-12(6-19)9-23-4-3-21-11-23;1-2;/h1-6,8,11,14,20H,7,9-10,19H2;2H,1H3;/q-1;;/b12-6+,22-8?;;. The number of rotatable bonds is 6. The van der Waals surface area contributed by atoms with Crippen LogP contribution in [0.2, 0.25) is 0 Å². The molecule has 4 N–H and O–H groups in total. The number of halogens is 1. The predicted molar refractivity (Wildman–Crippen MR) is 104 cm³/mol. The second kappa shape index (κ2) is 12.4. The second-order valence-electron chi connectivity index (χ2n) is 5.69. The van der Waals surface area contributed by atoms with E-state index < -0.39 is 18.0 Å². The number of allylic oxidation sites excluding steroid dienone is 1. The van der Waals surface area contributed by atoms with Gasteiger partial charge in [-0.2, -0.15) is 0 Å². The van der Waals surface area contributed by atoms with Crippen LogP contribution in [0.5, 0.6) is 0 Å². The fourth-order valence-electron chi connectivity index (χ4n) is 2.49. The number of aliphatic imine (C=N–C) groups is 1. The minimum atomic E-state index is -0.577. The number of carbonyl (C=O) groups excluding carboxylic acids is 1. The number of anilines is 1. The van der Waals surface area contributed by atoms with Crippen LogP contribution in [0.25, 0.3) is 5.73 Å². The minimum Gasteiger partial charge on any atom is -0.674 e. The van der Waals surface area contributed by atoms with Crippen LogP contribution in [0, 0.1) is 5.82 Å². The molecule has 1 aliphatic rings. The number of ether oxygens (including phenoxy) is 1. The Kier molecular flexibility index (Phi) is 10.7. The Morgan fingerprint density at radius 1 is 1.52 bits per heavy atom. The van der Waals surface area contributed by atoms with Crippen molar-refractivity contribution in [2.24, 2.45) is 10.7 Å². The number of aliphatic hydroxyl groups is 1. The van der Waals surface area contributed by atoms with Crippen molar-refractivity contribution in [1.29, 1.82) is 0 Å². The molecular formula is C18H22FN6O3Y-. The average molecular weight is 478 g/mol. The third-order valence-corrected chi connectivity index (χ3v) is 3.85. The number of nitrogens with two attached hydrogens (primary N) is 1. The Labute approximate surface area is 193 Å². The molecule has 1 aromatic carbocycles. The summed E-state index contributed by atoms with van der Waals surface area (Å²) in [6, 6.07) is 4.29. The van der Waals surface area contributed by atoms with E-state index in [1.807, 2.05) is 4.57 Å². The zero-order chi connectivity index (χ0) is 20.5. The van der Waals surface area contributed by atoms with E-state index >= 15 is 0 Å². The zero-order valence-electron chi connectivity index (χ0n) is 15.9. The van der Waals surface area contributed by atoms with Gasteiger partial charge in [0, 0.05) is 70.2 Å². The van der Waals surface area contributed by atoms with Gasteiger partial charge in [-0.1, -0.05) is 0 Å². The molecule has 29 heavy (non-hydrogen) atoms. The van der Waals surface area contributed by atoms with Crippen molar-refractivity contribution in [3.8, 4) is 0 Å². The summed E-state index contributed by atoms with van der Waals surface area (Å²) in [5.41, 5.74) is 14.1. The summed E-state index contributed by atoms with van der Waals surface area (Å²) in [6.45, 7) is 0.668. The molecule has 153 valence electrons. The number of hydrogen-bond donors (Lipinski definition) is 2. The molecule has 3 rings (SSSR count). The van der Waals surface area contributed by atoms with E-state index in [4.69, 9.17) is 21.3 Å². The minimum absolute atomic E-state index is 0. The van der Waals surface area contributed by atoms with Gasteiger partial charge in [-0.15, -0.1) is 6.54 Å². The summed E-state index contributed by atoms with van der Waals surface area (Å²) in [5, 5.41) is 7.00. The number of nitrogens with zero attached hydrogens (tertiary/aromatic N) is 4. The van der Waals surface area contributed by atoms with Gasteiger partial charge in [0.05, 0.1) is 30.8 Å². The van der Waals surface area contributed by atoms with Crippen LogP contribution in [0.4, 0.5) is 20.6 Å². The summed E-state index contributed by atoms with van der Waals surface area (Å²) in [6.07, 6.45) is 6.89. The normalized spacial score (nSPS) is 16.3. The molecule has 1 saturated heterocycles. The molecule has 9 nitrogen and oxygen atoms in total. The molecule has 0 spiro atoms. The molecule has 0 aliphatic carbocycles. The van der Waals surface area contributed by atoms with Crippen LogP contribution in [0.3, 0.4) is 0 Å². The Morgan fingerprint density at radius 2 is 2.28 bits per heavy atom. The molecule has 1 aliphatic heterocycles. The molecule has 1 amide bonds. The van der Waals surface area contributed by atoms with Gasteiger partial charge in [0.25, 0.3) is 0 Å². The Hall–Kier alpha value is -2.14. The van der Waals surface area contributed by atoms with Crippen molar-refractivity contribution in [3.05, 3.63) is 60.2 Å². The number of cyclic esters (lactones) is 1. The van der Waals surface area contributed by atoms with E-state index in [0.717, 1.165) is 7.11 Å². The van der Waals surface area contributed by atoms with Crippen molar-refractivity contribution in [1.82, 2.24) is 9.55 Å². The predicted octanol–water partition coefficient (Wildman–Crippen LogP) is 2.25. The van der Waals surface area contributed by atoms with Crippen molar-refractivity contribution < 1.29 is 51.7 Å². The van der Waals surface area contributed by atoms with Gasteiger partial charge < -0.3 is 25.9 Å². The Bertz CT molecular complexity index is 844. The molecule has 0 bridgehead atoms. The molecule has 0 saturated carbocycles. The molecular weight excluding hydrogens is 456 g/mol. The first-order valence-corrected chi connectivity index (χ1v) is 8.38. The maximum Gasteiger partial charge on any atom is 0.414 e. The average Bonchev–Trinajstić information content (AvgIpc) is 3.36. The van der Waals surface area contributed by atoms with Gasteiger partial charge in [0.15, 0.2) is 5.82 Å². The quantitative estimate of drug-likeness (QED) is 0.616. The monoisotopic (exact) mass is 478 g/mol. The van der Waals surface area contributed by atoms with E-state index in [9.17, 15) is 9.18 Å². The maximum atomic E-state index is 14.3. The maximum absolute atomic E-state index is 14.3. The van der Waals surface area contributed by atoms with E-state index in [1.165, 1.54) is 29.4 Å². The number of carbonyl (C=O) groups is 1. The Balaban J connectivity index is 0.00000136. The number of amides is 1. The molecule has 1 radical (unpaired) electrons. The molecule has 1 unspecified atom stereocenters. The molecule has 1 fully saturated rings. The number of aromatic nitrogens is 2. The second-order valence-corrected chi connectivity index (χ2v) is 5.69. The first-order valence-electron chi connectivity index (χ1n) is 8.38. The van der Waals surface area contributed by atoms with Crippen molar-refractivity contribution in [2.45, 2.75) is 12.6 Å². The van der Waals surface area contributed by atoms with Crippen LogP contribution >= 0.6 is 0 Å². The van der Waals surface area contributed by atoms with E-state index in [1.54, 1.807) is 24.8 Å². The molecule has 2 heterocycles. The SMILES string of the molecule is CO.[NH-]CC1CN(c2ccc(N=C/C(=C\N)Cn3ccnc3)c(F)c2)C(=O)O1.[Y]. The van der Waals surface area contributed by atoms with E-state index in [-0.39, 0.29) is 51.5 Å². The molecule has 1 atom stereocenters. The summed E-state index contributed by atoms with van der Waals surface area (Å²) >= 11 is 0. The van der Waals surface area contributed by atoms with Gasteiger partial charge in [-0.3, -0.25) is 9.89 Å². The third-order valence-electron chi connectivity index (χ3n) is 3.85.